The van der Waals surface area contributed by atoms with E-state index in [4.69, 9.17) is 0 Å². The van der Waals surface area contributed by atoms with Gasteiger partial charge in [-0.1, -0.05) is 54.6 Å². The molecule has 1 atom stereocenters. The molecule has 0 bridgehead atoms. The molecule has 0 spiro atoms. The Hall–Kier alpha value is -2.35. The SMILES string of the molecule is CN=C(NCc1ccccc1Cn1cccn1)NC(C)CCc1ccccc1.I. The molecular weight excluding hydrogens is 473 g/mol. The van der Waals surface area contributed by atoms with Crippen molar-refractivity contribution >= 4 is 29.9 Å². The maximum Gasteiger partial charge on any atom is 0.191 e. The Balaban J connectivity index is 0.00000300. The second-order valence-corrected chi connectivity index (χ2v) is 6.97. The van der Waals surface area contributed by atoms with E-state index in [-0.39, 0.29) is 24.0 Å². The minimum atomic E-state index is 0. The average Bonchev–Trinajstić information content (AvgIpc) is 3.24. The van der Waals surface area contributed by atoms with Crippen LogP contribution in [0.4, 0.5) is 0 Å². The van der Waals surface area contributed by atoms with E-state index < -0.39 is 0 Å². The first-order chi connectivity index (χ1) is 13.7. The number of nitrogens with one attached hydrogen (secondary N) is 2. The summed E-state index contributed by atoms with van der Waals surface area (Å²) < 4.78 is 1.94. The second kappa shape index (κ2) is 12.3. The maximum absolute atomic E-state index is 4.38. The minimum Gasteiger partial charge on any atom is -0.354 e. The number of hydrogen-bond donors (Lipinski definition) is 2. The largest absolute Gasteiger partial charge is 0.354 e. The summed E-state index contributed by atoms with van der Waals surface area (Å²) in [6.07, 6.45) is 5.90. The van der Waals surface area contributed by atoms with Gasteiger partial charge in [0.15, 0.2) is 5.96 Å². The highest BCUT2D eigenvalue weighted by atomic mass is 127. The third-order valence-electron chi connectivity index (χ3n) is 4.77. The predicted octanol–water partition coefficient (Wildman–Crippen LogP) is 4.24. The van der Waals surface area contributed by atoms with Gasteiger partial charge in [-0.3, -0.25) is 9.67 Å². The summed E-state index contributed by atoms with van der Waals surface area (Å²) in [5, 5.41) is 11.2. The van der Waals surface area contributed by atoms with Gasteiger partial charge < -0.3 is 10.6 Å². The molecular formula is C23H30IN5. The number of benzene rings is 2. The molecule has 29 heavy (non-hydrogen) atoms. The number of nitrogens with zero attached hydrogens (tertiary/aromatic N) is 3. The van der Waals surface area contributed by atoms with Gasteiger partial charge >= 0.3 is 0 Å². The van der Waals surface area contributed by atoms with Crippen LogP contribution in [0.25, 0.3) is 0 Å². The summed E-state index contributed by atoms with van der Waals surface area (Å²) in [6.45, 7) is 3.69. The lowest BCUT2D eigenvalue weighted by atomic mass is 10.1. The van der Waals surface area contributed by atoms with Gasteiger partial charge in [-0.15, -0.1) is 24.0 Å². The lowest BCUT2D eigenvalue weighted by Crippen LogP contribution is -2.42. The van der Waals surface area contributed by atoms with Gasteiger partial charge in [0.2, 0.25) is 0 Å². The van der Waals surface area contributed by atoms with Crippen LogP contribution >= 0.6 is 24.0 Å². The molecule has 3 aromatic rings. The van der Waals surface area contributed by atoms with Crippen LogP contribution in [0.2, 0.25) is 0 Å². The fourth-order valence-corrected chi connectivity index (χ4v) is 3.16. The van der Waals surface area contributed by atoms with Crippen LogP contribution in [0.3, 0.4) is 0 Å². The van der Waals surface area contributed by atoms with Crippen molar-refractivity contribution in [3.05, 3.63) is 89.7 Å². The zero-order valence-electron chi connectivity index (χ0n) is 17.1. The molecule has 2 aromatic carbocycles. The highest BCUT2D eigenvalue weighted by Gasteiger charge is 2.08. The van der Waals surface area contributed by atoms with Crippen LogP contribution in [0.15, 0.2) is 78.0 Å². The van der Waals surface area contributed by atoms with Gasteiger partial charge in [0.25, 0.3) is 0 Å². The molecule has 0 radical (unpaired) electrons. The molecule has 0 aliphatic carbocycles. The monoisotopic (exact) mass is 503 g/mol. The molecule has 154 valence electrons. The fraction of sp³-hybridized carbons (Fsp3) is 0.304. The topological polar surface area (TPSA) is 54.2 Å². The van der Waals surface area contributed by atoms with E-state index in [1.54, 1.807) is 0 Å². The Labute approximate surface area is 190 Å². The first-order valence-corrected chi connectivity index (χ1v) is 9.80. The molecule has 6 heteroatoms. The minimum absolute atomic E-state index is 0. The van der Waals surface area contributed by atoms with Crippen molar-refractivity contribution in [2.24, 2.45) is 4.99 Å². The number of halogens is 1. The lowest BCUT2D eigenvalue weighted by Gasteiger charge is -2.19. The Morgan fingerprint density at radius 2 is 1.76 bits per heavy atom. The zero-order chi connectivity index (χ0) is 19.6. The van der Waals surface area contributed by atoms with Gasteiger partial charge in [0.1, 0.15) is 0 Å². The predicted molar refractivity (Wildman–Crippen MR) is 131 cm³/mol. The molecule has 0 saturated carbocycles. The van der Waals surface area contributed by atoms with Crippen molar-refractivity contribution in [2.75, 3.05) is 7.05 Å². The third-order valence-corrected chi connectivity index (χ3v) is 4.77. The lowest BCUT2D eigenvalue weighted by molar-refractivity contribution is 0.592. The van der Waals surface area contributed by atoms with E-state index in [9.17, 15) is 0 Å². The van der Waals surface area contributed by atoms with Crippen LogP contribution in [0.5, 0.6) is 0 Å². The molecule has 0 fully saturated rings. The van der Waals surface area contributed by atoms with Crippen molar-refractivity contribution in [3.63, 3.8) is 0 Å². The van der Waals surface area contributed by atoms with Crippen molar-refractivity contribution in [1.29, 1.82) is 0 Å². The normalized spacial score (nSPS) is 12.1. The van der Waals surface area contributed by atoms with Crippen molar-refractivity contribution in [2.45, 2.75) is 38.9 Å². The highest BCUT2D eigenvalue weighted by molar-refractivity contribution is 14.0. The van der Waals surface area contributed by atoms with Crippen LogP contribution in [0, 0.1) is 0 Å². The van der Waals surface area contributed by atoms with Gasteiger partial charge in [0.05, 0.1) is 6.54 Å². The van der Waals surface area contributed by atoms with Gasteiger partial charge in [0, 0.05) is 32.0 Å². The summed E-state index contributed by atoms with van der Waals surface area (Å²) in [5.74, 6) is 0.828. The molecule has 2 N–H and O–H groups in total. The number of hydrogen-bond acceptors (Lipinski definition) is 2. The summed E-state index contributed by atoms with van der Waals surface area (Å²) in [7, 11) is 1.81. The summed E-state index contributed by atoms with van der Waals surface area (Å²) in [4.78, 5) is 4.38. The smallest absolute Gasteiger partial charge is 0.191 e. The number of aliphatic imine (C=N–C) groups is 1. The van der Waals surface area contributed by atoms with Crippen molar-refractivity contribution < 1.29 is 0 Å². The highest BCUT2D eigenvalue weighted by Crippen LogP contribution is 2.10. The standard InChI is InChI=1S/C23H29N5.HI/c1-19(13-14-20-9-4-3-5-10-20)27-23(24-2)25-17-21-11-6-7-12-22(21)18-28-16-8-15-26-28;/h3-12,15-16,19H,13-14,17-18H2,1-2H3,(H2,24,25,27);1H. The average molecular weight is 503 g/mol. The number of aromatic nitrogens is 2. The fourth-order valence-electron chi connectivity index (χ4n) is 3.16. The second-order valence-electron chi connectivity index (χ2n) is 6.97. The molecule has 1 heterocycles. The molecule has 1 aromatic heterocycles. The number of guanidine groups is 1. The van der Waals surface area contributed by atoms with Crippen molar-refractivity contribution in [1.82, 2.24) is 20.4 Å². The molecule has 0 aliphatic heterocycles. The first-order valence-electron chi connectivity index (χ1n) is 9.80. The molecule has 3 rings (SSSR count). The van der Waals surface area contributed by atoms with E-state index in [0.29, 0.717) is 6.04 Å². The molecule has 0 amide bonds. The summed E-state index contributed by atoms with van der Waals surface area (Å²) >= 11 is 0. The third kappa shape index (κ3) is 7.53. The zero-order valence-corrected chi connectivity index (χ0v) is 19.4. The van der Waals surface area contributed by atoms with E-state index >= 15 is 0 Å². The Morgan fingerprint density at radius 1 is 1.03 bits per heavy atom. The molecule has 0 saturated heterocycles. The first kappa shape index (κ1) is 22.9. The van der Waals surface area contributed by atoms with E-state index in [0.717, 1.165) is 31.9 Å². The number of rotatable bonds is 8. The van der Waals surface area contributed by atoms with E-state index in [1.165, 1.54) is 16.7 Å². The van der Waals surface area contributed by atoms with Gasteiger partial charge in [-0.2, -0.15) is 5.10 Å². The quantitative estimate of drug-likeness (QED) is 0.275. The molecule has 1 unspecified atom stereocenters. The van der Waals surface area contributed by atoms with Crippen LogP contribution in [-0.4, -0.2) is 28.8 Å². The maximum atomic E-state index is 4.38. The van der Waals surface area contributed by atoms with E-state index in [2.05, 4.69) is 82.2 Å². The Morgan fingerprint density at radius 3 is 2.45 bits per heavy atom. The Bertz CT molecular complexity index is 862. The van der Waals surface area contributed by atoms with Gasteiger partial charge in [-0.05, 0) is 42.5 Å². The number of aryl methyl sites for hydroxylation is 1. The van der Waals surface area contributed by atoms with Crippen LogP contribution < -0.4 is 10.6 Å². The van der Waals surface area contributed by atoms with E-state index in [1.807, 2.05) is 30.2 Å². The van der Waals surface area contributed by atoms with Crippen LogP contribution in [0.1, 0.15) is 30.0 Å². The molecule has 0 aliphatic rings. The van der Waals surface area contributed by atoms with Crippen molar-refractivity contribution in [3.8, 4) is 0 Å². The Kier molecular flexibility index (Phi) is 9.70. The van der Waals surface area contributed by atoms with Crippen LogP contribution in [-0.2, 0) is 19.5 Å². The van der Waals surface area contributed by atoms with Gasteiger partial charge in [-0.25, -0.2) is 0 Å². The summed E-state index contributed by atoms with van der Waals surface area (Å²) in [5.41, 5.74) is 3.87. The molecule has 5 nitrogen and oxygen atoms in total. The summed E-state index contributed by atoms with van der Waals surface area (Å²) in [6, 6.07) is 21.3.